The van der Waals surface area contributed by atoms with Gasteiger partial charge in [0.2, 0.25) is 0 Å². The minimum absolute atomic E-state index is 0.834. The fourth-order valence-electron chi connectivity index (χ4n) is 4.45. The van der Waals surface area contributed by atoms with Gasteiger partial charge in [-0.1, -0.05) is 90.0 Å². The van der Waals surface area contributed by atoms with Gasteiger partial charge in [0.1, 0.15) is 5.75 Å². The molecular formula is C33H29NO. The molecule has 35 heavy (non-hydrogen) atoms. The Bertz CT molecular complexity index is 1350. The Morgan fingerprint density at radius 1 is 0.457 bits per heavy atom. The van der Waals surface area contributed by atoms with Crippen molar-refractivity contribution < 1.29 is 4.74 Å². The molecule has 0 atom stereocenters. The average Bonchev–Trinajstić information content (AvgIpc) is 2.90. The zero-order chi connectivity index (χ0) is 24.2. The van der Waals surface area contributed by atoms with Gasteiger partial charge in [-0.05, 0) is 72.5 Å². The summed E-state index contributed by atoms with van der Waals surface area (Å²) in [4.78, 5) is 2.27. The molecule has 0 saturated carbocycles. The lowest BCUT2D eigenvalue weighted by Crippen LogP contribution is -2.10. The van der Waals surface area contributed by atoms with Gasteiger partial charge in [-0.2, -0.15) is 0 Å². The second-order valence-corrected chi connectivity index (χ2v) is 8.87. The lowest BCUT2D eigenvalue weighted by atomic mass is 10.0. The molecule has 2 nitrogen and oxygen atoms in total. The van der Waals surface area contributed by atoms with E-state index in [9.17, 15) is 0 Å². The zero-order valence-corrected chi connectivity index (χ0v) is 20.4. The molecule has 0 unspecified atom stereocenters. The number of nitrogens with zero attached hydrogens (tertiary/aromatic N) is 1. The van der Waals surface area contributed by atoms with E-state index in [1.54, 1.807) is 7.11 Å². The predicted octanol–water partition coefficient (Wildman–Crippen LogP) is 9.12. The van der Waals surface area contributed by atoms with Crippen molar-refractivity contribution in [1.82, 2.24) is 0 Å². The topological polar surface area (TPSA) is 12.5 Å². The predicted molar refractivity (Wildman–Crippen MR) is 148 cm³/mol. The van der Waals surface area contributed by atoms with E-state index in [2.05, 4.69) is 128 Å². The van der Waals surface area contributed by atoms with Crippen LogP contribution in [-0.4, -0.2) is 7.11 Å². The van der Waals surface area contributed by atoms with Gasteiger partial charge in [-0.3, -0.25) is 0 Å². The van der Waals surface area contributed by atoms with E-state index in [1.165, 1.54) is 33.4 Å². The summed E-state index contributed by atoms with van der Waals surface area (Å²) in [6, 6.07) is 42.9. The number of aryl methyl sites for hydroxylation is 2. The summed E-state index contributed by atoms with van der Waals surface area (Å²) >= 11 is 0. The Labute approximate surface area is 208 Å². The van der Waals surface area contributed by atoms with Gasteiger partial charge in [0.15, 0.2) is 0 Å². The summed E-state index contributed by atoms with van der Waals surface area (Å²) in [5.74, 6) is 0.834. The third-order valence-electron chi connectivity index (χ3n) is 6.27. The molecule has 5 aromatic rings. The first kappa shape index (κ1) is 22.5. The van der Waals surface area contributed by atoms with Crippen LogP contribution in [0.25, 0.3) is 22.3 Å². The van der Waals surface area contributed by atoms with Crippen LogP contribution < -0.4 is 9.64 Å². The van der Waals surface area contributed by atoms with Crippen LogP contribution in [-0.2, 0) is 0 Å². The van der Waals surface area contributed by atoms with Gasteiger partial charge in [-0.25, -0.2) is 0 Å². The molecule has 172 valence electrons. The number of hydrogen-bond acceptors (Lipinski definition) is 2. The lowest BCUT2D eigenvalue weighted by Gasteiger charge is -2.26. The minimum atomic E-state index is 0.834. The van der Waals surface area contributed by atoms with Crippen molar-refractivity contribution in [1.29, 1.82) is 0 Å². The van der Waals surface area contributed by atoms with E-state index >= 15 is 0 Å². The van der Waals surface area contributed by atoms with Gasteiger partial charge in [0, 0.05) is 23.1 Å². The quantitative estimate of drug-likeness (QED) is 0.253. The molecule has 0 bridgehead atoms. The highest BCUT2D eigenvalue weighted by molar-refractivity contribution is 5.80. The highest BCUT2D eigenvalue weighted by Crippen LogP contribution is 2.38. The second kappa shape index (κ2) is 9.90. The number of hydrogen-bond donors (Lipinski definition) is 0. The highest BCUT2D eigenvalue weighted by atomic mass is 16.5. The number of methoxy groups -OCH3 is 1. The molecule has 0 spiro atoms. The molecule has 0 amide bonds. The van der Waals surface area contributed by atoms with Crippen LogP contribution in [0.2, 0.25) is 0 Å². The van der Waals surface area contributed by atoms with Crippen molar-refractivity contribution in [2.24, 2.45) is 0 Å². The molecule has 0 radical (unpaired) electrons. The molecule has 5 rings (SSSR count). The number of benzene rings is 5. The summed E-state index contributed by atoms with van der Waals surface area (Å²) in [6.45, 7) is 4.26. The van der Waals surface area contributed by atoms with Crippen LogP contribution in [0.1, 0.15) is 11.1 Å². The van der Waals surface area contributed by atoms with Crippen LogP contribution in [0.4, 0.5) is 17.1 Å². The normalized spacial score (nSPS) is 10.7. The first-order valence-electron chi connectivity index (χ1n) is 11.9. The fraction of sp³-hybridized carbons (Fsp3) is 0.0909. The molecule has 0 saturated heterocycles. The van der Waals surface area contributed by atoms with Gasteiger partial charge in [0.25, 0.3) is 0 Å². The van der Waals surface area contributed by atoms with E-state index in [0.717, 1.165) is 22.8 Å². The Kier molecular flexibility index (Phi) is 6.36. The molecule has 0 aliphatic heterocycles. The summed E-state index contributed by atoms with van der Waals surface area (Å²) in [7, 11) is 1.71. The molecule has 0 fully saturated rings. The Balaban J connectivity index is 1.55. The van der Waals surface area contributed by atoms with Gasteiger partial charge in [-0.15, -0.1) is 0 Å². The monoisotopic (exact) mass is 455 g/mol. The first-order valence-corrected chi connectivity index (χ1v) is 11.9. The van der Waals surface area contributed by atoms with E-state index in [0.29, 0.717) is 0 Å². The first-order chi connectivity index (χ1) is 17.1. The molecule has 0 aliphatic carbocycles. The van der Waals surface area contributed by atoms with Crippen molar-refractivity contribution in [3.8, 4) is 28.0 Å². The van der Waals surface area contributed by atoms with E-state index < -0.39 is 0 Å². The highest BCUT2D eigenvalue weighted by Gasteiger charge is 2.14. The number of ether oxygens (including phenoxy) is 1. The van der Waals surface area contributed by atoms with Crippen molar-refractivity contribution in [2.45, 2.75) is 13.8 Å². The van der Waals surface area contributed by atoms with E-state index in [4.69, 9.17) is 4.74 Å². The third kappa shape index (κ3) is 4.97. The van der Waals surface area contributed by atoms with Crippen LogP contribution in [0.3, 0.4) is 0 Å². The molecule has 0 heterocycles. The smallest absolute Gasteiger partial charge is 0.120 e. The molecule has 2 heteroatoms. The Hall–Kier alpha value is -4.30. The summed E-state index contributed by atoms with van der Waals surface area (Å²) in [6.07, 6.45) is 0. The fourth-order valence-corrected chi connectivity index (χ4v) is 4.45. The van der Waals surface area contributed by atoms with Crippen LogP contribution in [0, 0.1) is 13.8 Å². The van der Waals surface area contributed by atoms with Crippen LogP contribution in [0.5, 0.6) is 5.75 Å². The largest absolute Gasteiger partial charge is 0.497 e. The summed E-state index contributed by atoms with van der Waals surface area (Å²) in [5, 5.41) is 0. The van der Waals surface area contributed by atoms with Gasteiger partial charge in [0.05, 0.1) is 7.11 Å². The lowest BCUT2D eigenvalue weighted by molar-refractivity contribution is 0.415. The van der Waals surface area contributed by atoms with Crippen molar-refractivity contribution >= 4 is 17.1 Å². The maximum Gasteiger partial charge on any atom is 0.120 e. The molecule has 0 aromatic heterocycles. The van der Waals surface area contributed by atoms with Crippen LogP contribution in [0.15, 0.2) is 121 Å². The van der Waals surface area contributed by atoms with Crippen LogP contribution >= 0.6 is 0 Å². The maximum atomic E-state index is 5.53. The Morgan fingerprint density at radius 3 is 1.40 bits per heavy atom. The molecule has 0 aliphatic rings. The van der Waals surface area contributed by atoms with Crippen molar-refractivity contribution in [2.75, 3.05) is 12.0 Å². The van der Waals surface area contributed by atoms with Gasteiger partial charge < -0.3 is 9.64 Å². The minimum Gasteiger partial charge on any atom is -0.497 e. The van der Waals surface area contributed by atoms with E-state index in [1.807, 2.05) is 12.1 Å². The Morgan fingerprint density at radius 2 is 0.943 bits per heavy atom. The van der Waals surface area contributed by atoms with Crippen molar-refractivity contribution in [3.63, 3.8) is 0 Å². The number of anilines is 3. The molecular weight excluding hydrogens is 426 g/mol. The van der Waals surface area contributed by atoms with E-state index in [-0.39, 0.29) is 0 Å². The second-order valence-electron chi connectivity index (χ2n) is 8.87. The van der Waals surface area contributed by atoms with Gasteiger partial charge >= 0.3 is 0 Å². The average molecular weight is 456 g/mol. The molecule has 0 N–H and O–H groups in total. The third-order valence-corrected chi connectivity index (χ3v) is 6.27. The number of rotatable bonds is 6. The van der Waals surface area contributed by atoms with Crippen molar-refractivity contribution in [3.05, 3.63) is 132 Å². The zero-order valence-electron chi connectivity index (χ0n) is 20.4. The summed E-state index contributed by atoms with van der Waals surface area (Å²) < 4.78 is 5.53. The summed E-state index contributed by atoms with van der Waals surface area (Å²) in [5.41, 5.74) is 10.6. The maximum absolute atomic E-state index is 5.53. The molecule has 5 aromatic carbocycles. The SMILES string of the molecule is COc1cccc(N(c2ccc(-c3cccc(C)c3)cc2)c2ccc(-c3cccc(C)c3)cc2)c1. The standard InChI is InChI=1S/C33H29NO/c1-24-7-4-9-28(21-24)26-13-17-30(18-14-26)34(32-11-6-12-33(23-32)35-3)31-19-15-27(16-20-31)29-10-5-8-25(2)22-29/h4-23H,1-3H3.